The fraction of sp³-hybridized carbons (Fsp3) is 0.488. The first-order valence-corrected chi connectivity index (χ1v) is 22.4. The number of phenolic OH excluding ortho intramolecular Hbond substituents is 1. The number of hydrogen-bond donors (Lipinski definition) is 11. The summed E-state index contributed by atoms with van der Waals surface area (Å²) < 4.78 is 0.885. The number of aromatic hydroxyl groups is 1. The Bertz CT molecular complexity index is 1920. The summed E-state index contributed by atoms with van der Waals surface area (Å²) in [6.45, 7) is 4.88. The van der Waals surface area contributed by atoms with Crippen molar-refractivity contribution >= 4 is 87.6 Å². The Morgan fingerprint density at radius 1 is 0.619 bits per heavy atom. The van der Waals surface area contributed by atoms with Crippen LogP contribution in [0.3, 0.4) is 0 Å². The van der Waals surface area contributed by atoms with Crippen molar-refractivity contribution < 1.29 is 58.5 Å². The van der Waals surface area contributed by atoms with Gasteiger partial charge in [-0.15, -0.1) is 0 Å². The van der Waals surface area contributed by atoms with E-state index in [-0.39, 0.29) is 37.4 Å². The van der Waals surface area contributed by atoms with Gasteiger partial charge in [-0.3, -0.25) is 43.2 Å². The number of thioether (sulfide) groups is 1. The van der Waals surface area contributed by atoms with Crippen molar-refractivity contribution in [1.29, 1.82) is 0 Å². The molecule has 0 bridgehead atoms. The molecule has 20 nitrogen and oxygen atoms in total. The quantitative estimate of drug-likeness (QED) is 0.0511. The molecule has 13 N–H and O–H groups in total. The van der Waals surface area contributed by atoms with Gasteiger partial charge in [0, 0.05) is 16.4 Å². The van der Waals surface area contributed by atoms with Gasteiger partial charge >= 0.3 is 11.9 Å². The van der Waals surface area contributed by atoms with E-state index < -0.39 is 115 Å². The number of carboxylic acid groups (broad SMARTS) is 2. The van der Waals surface area contributed by atoms with Crippen LogP contribution in [0.1, 0.15) is 64.0 Å². The van der Waals surface area contributed by atoms with Gasteiger partial charge in [0.2, 0.25) is 41.4 Å². The van der Waals surface area contributed by atoms with Crippen molar-refractivity contribution in [1.82, 2.24) is 31.9 Å². The van der Waals surface area contributed by atoms with Gasteiger partial charge in [-0.25, -0.2) is 0 Å². The van der Waals surface area contributed by atoms with Gasteiger partial charge in [0.1, 0.15) is 42.0 Å². The molecule has 0 heterocycles. The maximum absolute atomic E-state index is 14.0. The Balaban J connectivity index is 2.34. The summed E-state index contributed by atoms with van der Waals surface area (Å²) in [5, 5.41) is 43.2. The lowest BCUT2D eigenvalue weighted by Crippen LogP contribution is -2.60. The van der Waals surface area contributed by atoms with Crippen LogP contribution in [0.4, 0.5) is 0 Å². The predicted molar refractivity (Wildman–Crippen MR) is 241 cm³/mol. The summed E-state index contributed by atoms with van der Waals surface area (Å²) in [4.78, 5) is 116. The van der Waals surface area contributed by atoms with E-state index in [0.717, 1.165) is 3.57 Å². The average Bonchev–Trinajstić information content (AvgIpc) is 3.20. The number of benzene rings is 2. The number of amides is 7. The molecule has 0 aliphatic carbocycles. The Kier molecular flexibility index (Phi) is 22.9. The number of primary amides is 1. The zero-order chi connectivity index (χ0) is 47.4. The zero-order valence-corrected chi connectivity index (χ0v) is 38.3. The largest absolute Gasteiger partial charge is 0.508 e. The maximum atomic E-state index is 14.0. The number of hydrogen-bond acceptors (Lipinski definition) is 12. The highest BCUT2D eigenvalue weighted by Gasteiger charge is 2.34. The lowest BCUT2D eigenvalue weighted by atomic mass is 10.0. The number of carbonyl (C=O) groups excluding carboxylic acids is 7. The van der Waals surface area contributed by atoms with Crippen LogP contribution in [0.15, 0.2) is 48.5 Å². The highest BCUT2D eigenvalue weighted by atomic mass is 127. The lowest BCUT2D eigenvalue weighted by molar-refractivity contribution is -0.140. The summed E-state index contributed by atoms with van der Waals surface area (Å²) in [7, 11) is 0. The third kappa shape index (κ3) is 20.1. The van der Waals surface area contributed by atoms with Crippen molar-refractivity contribution in [3.05, 3.63) is 63.2 Å². The minimum atomic E-state index is -1.57. The molecule has 7 amide bonds. The van der Waals surface area contributed by atoms with Gasteiger partial charge in [-0.1, -0.05) is 38.1 Å². The Morgan fingerprint density at radius 3 is 1.62 bits per heavy atom. The summed E-state index contributed by atoms with van der Waals surface area (Å²) in [6.07, 6.45) is -0.0209. The molecule has 7 atom stereocenters. The van der Waals surface area contributed by atoms with Crippen LogP contribution in [-0.2, 0) is 56.0 Å². The van der Waals surface area contributed by atoms with Gasteiger partial charge in [0.25, 0.3) is 0 Å². The molecule has 2 aromatic carbocycles. The summed E-state index contributed by atoms with van der Waals surface area (Å²) in [5.74, 6) is -8.66. The van der Waals surface area contributed by atoms with E-state index in [0.29, 0.717) is 16.9 Å². The molecule has 2 rings (SSSR count). The van der Waals surface area contributed by atoms with Gasteiger partial charge in [-0.05, 0) is 109 Å². The predicted octanol–water partition coefficient (Wildman–Crippen LogP) is -0.338. The molecule has 0 fully saturated rings. The van der Waals surface area contributed by atoms with E-state index in [1.54, 1.807) is 56.5 Å². The van der Waals surface area contributed by atoms with Gasteiger partial charge in [0.15, 0.2) is 0 Å². The first-order valence-electron chi connectivity index (χ1n) is 19.9. The molecule has 63 heavy (non-hydrogen) atoms. The second kappa shape index (κ2) is 26.9. The SMILES string of the molecule is CSCC[C@H](NC(=O)[C@H](CC(C)C)NC(=O)[C@H](CCC(=O)O)NC(=O)[C@H](Cc1ccc(I)cc1)NC(=O)[C@@H](C)NC(=O)[C@@H](N)Cc1ccc(O)cc1)C(=O)N[C@@H](CC(=O)O)C(N)=O. The molecule has 0 radical (unpaired) electrons. The molecule has 0 unspecified atom stereocenters. The Hall–Kier alpha value is -5.49. The standard InChI is InChI=1S/C41H57IN8O12S/c1-21(2)17-31(40(61)47-29(15-16-63-4)39(60)48-30(35(44)56)20-34(54)55)50-38(59)28(13-14-33(52)53)46-41(62)32(19-24-5-9-25(42)10-6-24)49-36(57)22(3)45-37(58)27(43)18-23-7-11-26(51)12-8-23/h5-12,21-22,27-32,51H,13-20,43H2,1-4H3,(H2,44,56)(H,45,58)(H,46,62)(H,47,61)(H,48,60)(H,49,57)(H,50,59)(H,52,53)(H,54,55)/t22-,27+,28+,29+,30+,31+,32+/m1/s1. The number of phenols is 1. The highest BCUT2D eigenvalue weighted by molar-refractivity contribution is 14.1. The van der Waals surface area contributed by atoms with Crippen molar-refractivity contribution in [3.8, 4) is 5.75 Å². The normalized spacial score (nSPS) is 14.3. The summed E-state index contributed by atoms with van der Waals surface area (Å²) in [5.41, 5.74) is 12.6. The van der Waals surface area contributed by atoms with Crippen LogP contribution in [0.25, 0.3) is 0 Å². The van der Waals surface area contributed by atoms with Crippen molar-refractivity contribution in [3.63, 3.8) is 0 Å². The fourth-order valence-electron chi connectivity index (χ4n) is 5.96. The number of aliphatic carboxylic acids is 2. The van der Waals surface area contributed by atoms with E-state index in [1.807, 2.05) is 0 Å². The minimum Gasteiger partial charge on any atom is -0.508 e. The number of carbonyl (C=O) groups is 9. The van der Waals surface area contributed by atoms with Crippen LogP contribution >= 0.6 is 34.4 Å². The van der Waals surface area contributed by atoms with Crippen LogP contribution in [0, 0.1) is 9.49 Å². The second-order valence-corrected chi connectivity index (χ2v) is 17.4. The van der Waals surface area contributed by atoms with Gasteiger partial charge < -0.3 is 58.7 Å². The van der Waals surface area contributed by atoms with Crippen LogP contribution < -0.4 is 43.4 Å². The molecule has 346 valence electrons. The third-order valence-corrected chi connectivity index (χ3v) is 10.7. The van der Waals surface area contributed by atoms with Crippen molar-refractivity contribution in [2.24, 2.45) is 17.4 Å². The highest BCUT2D eigenvalue weighted by Crippen LogP contribution is 2.14. The van der Waals surface area contributed by atoms with E-state index in [4.69, 9.17) is 16.6 Å². The Labute approximate surface area is 382 Å². The van der Waals surface area contributed by atoms with Crippen LogP contribution in [0.5, 0.6) is 5.75 Å². The smallest absolute Gasteiger partial charge is 0.305 e. The molecule has 0 aliphatic heterocycles. The van der Waals surface area contributed by atoms with E-state index in [2.05, 4.69) is 54.5 Å². The third-order valence-electron chi connectivity index (χ3n) is 9.37. The molecule has 0 saturated carbocycles. The molecule has 0 saturated heterocycles. The maximum Gasteiger partial charge on any atom is 0.305 e. The van der Waals surface area contributed by atoms with Crippen molar-refractivity contribution in [2.75, 3.05) is 12.0 Å². The van der Waals surface area contributed by atoms with E-state index in [9.17, 15) is 53.4 Å². The topological polar surface area (TPSA) is 339 Å². The van der Waals surface area contributed by atoms with Crippen LogP contribution in [-0.4, -0.2) is 123 Å². The number of nitrogens with one attached hydrogen (secondary N) is 6. The fourth-order valence-corrected chi connectivity index (χ4v) is 6.79. The van der Waals surface area contributed by atoms with Crippen LogP contribution in [0.2, 0.25) is 0 Å². The molecular weight excluding hydrogens is 955 g/mol. The summed E-state index contributed by atoms with van der Waals surface area (Å²) >= 11 is 3.43. The first-order chi connectivity index (χ1) is 29.6. The monoisotopic (exact) mass is 1010 g/mol. The van der Waals surface area contributed by atoms with Gasteiger partial charge in [-0.2, -0.15) is 11.8 Å². The summed E-state index contributed by atoms with van der Waals surface area (Å²) in [6, 6.07) is 3.69. The molecule has 0 aromatic heterocycles. The van der Waals surface area contributed by atoms with E-state index in [1.165, 1.54) is 30.8 Å². The van der Waals surface area contributed by atoms with E-state index >= 15 is 0 Å². The number of carboxylic acids is 2. The molecule has 22 heteroatoms. The van der Waals surface area contributed by atoms with Crippen molar-refractivity contribution in [2.45, 2.75) is 108 Å². The zero-order valence-electron chi connectivity index (χ0n) is 35.4. The number of nitrogens with two attached hydrogens (primary N) is 2. The average molecular weight is 1010 g/mol. The molecule has 0 aliphatic rings. The molecule has 2 aromatic rings. The molecular formula is C41H57IN8O12S. The number of rotatable bonds is 27. The first kappa shape index (κ1) is 53.6. The Morgan fingerprint density at radius 2 is 1.10 bits per heavy atom. The van der Waals surface area contributed by atoms with Gasteiger partial charge in [0.05, 0.1) is 12.5 Å². The lowest BCUT2D eigenvalue weighted by Gasteiger charge is -2.28. The minimum absolute atomic E-state index is 0.0185. The molecule has 0 spiro atoms. The second-order valence-electron chi connectivity index (χ2n) is 15.2. The number of halogens is 1.